The smallest absolute Gasteiger partial charge is 0.321 e. The highest BCUT2D eigenvalue weighted by Gasteiger charge is 2.21. The van der Waals surface area contributed by atoms with Crippen LogP contribution in [-0.4, -0.2) is 33.9 Å². The summed E-state index contributed by atoms with van der Waals surface area (Å²) >= 11 is 0. The predicted octanol–water partition coefficient (Wildman–Crippen LogP) is 0.614. The molecule has 0 aliphatic heterocycles. The van der Waals surface area contributed by atoms with Crippen LogP contribution in [0.5, 0.6) is 5.75 Å². The zero-order valence-electron chi connectivity index (χ0n) is 10.2. The molecule has 1 aromatic carbocycles. The molecular weight excluding hydrogens is 258 g/mol. The van der Waals surface area contributed by atoms with Crippen LogP contribution >= 0.6 is 0 Å². The summed E-state index contributed by atoms with van der Waals surface area (Å²) in [5.41, 5.74) is 5.91. The van der Waals surface area contributed by atoms with E-state index in [4.69, 9.17) is 10.5 Å². The van der Waals surface area contributed by atoms with Crippen molar-refractivity contribution in [3.05, 3.63) is 18.2 Å². The first-order chi connectivity index (χ1) is 8.40. The zero-order chi connectivity index (χ0) is 13.8. The quantitative estimate of drug-likeness (QED) is 0.624. The Morgan fingerprint density at radius 2 is 2.06 bits per heavy atom. The number of sulfone groups is 1. The maximum absolute atomic E-state index is 11.9. The number of nitrogen functional groups attached to an aromatic ring is 1. The topological polar surface area (TPSA) is 95.7 Å². The number of nitrogens with two attached hydrogens (primary N) is 1. The van der Waals surface area contributed by atoms with E-state index in [0.29, 0.717) is 5.69 Å². The van der Waals surface area contributed by atoms with Crippen LogP contribution in [0, 0.1) is 0 Å². The van der Waals surface area contributed by atoms with E-state index >= 15 is 0 Å². The molecule has 1 aromatic rings. The lowest BCUT2D eigenvalue weighted by molar-refractivity contribution is -0.139. The van der Waals surface area contributed by atoms with Gasteiger partial charge in [-0.3, -0.25) is 4.79 Å². The molecule has 18 heavy (non-hydrogen) atoms. The standard InChI is InChI=1S/C11H15NO5S/c1-3-17-11(13)7-18(14,15)8-4-5-9(12)10(6-8)16-2/h4-6H,3,7,12H2,1-2H3. The molecule has 7 heteroatoms. The largest absolute Gasteiger partial charge is 0.495 e. The second-order valence-corrected chi connectivity index (χ2v) is 5.46. The Balaban J connectivity index is 3.02. The first-order valence-electron chi connectivity index (χ1n) is 5.22. The average molecular weight is 273 g/mol. The van der Waals surface area contributed by atoms with Gasteiger partial charge in [0.25, 0.3) is 0 Å². The van der Waals surface area contributed by atoms with Crippen LogP contribution < -0.4 is 10.5 Å². The molecule has 0 atom stereocenters. The summed E-state index contributed by atoms with van der Waals surface area (Å²) in [6.07, 6.45) is 0. The van der Waals surface area contributed by atoms with Crippen molar-refractivity contribution in [2.75, 3.05) is 25.2 Å². The molecule has 0 aromatic heterocycles. The lowest BCUT2D eigenvalue weighted by Crippen LogP contribution is -2.18. The minimum atomic E-state index is -3.74. The number of hydrogen-bond acceptors (Lipinski definition) is 6. The number of anilines is 1. The van der Waals surface area contributed by atoms with Gasteiger partial charge in [0, 0.05) is 6.07 Å². The van der Waals surface area contributed by atoms with Gasteiger partial charge in [-0.15, -0.1) is 0 Å². The molecule has 2 N–H and O–H groups in total. The summed E-state index contributed by atoms with van der Waals surface area (Å²) in [5.74, 6) is -1.23. The van der Waals surface area contributed by atoms with Crippen LogP contribution in [0.2, 0.25) is 0 Å². The minimum absolute atomic E-state index is 0.0263. The van der Waals surface area contributed by atoms with E-state index in [2.05, 4.69) is 4.74 Å². The Hall–Kier alpha value is -1.76. The molecule has 0 bridgehead atoms. The number of methoxy groups -OCH3 is 1. The van der Waals surface area contributed by atoms with Crippen LogP contribution in [0.4, 0.5) is 5.69 Å². The molecule has 0 amide bonds. The van der Waals surface area contributed by atoms with Gasteiger partial charge in [0.15, 0.2) is 15.6 Å². The Labute approximate surface area is 106 Å². The normalized spacial score (nSPS) is 11.0. The van der Waals surface area contributed by atoms with Gasteiger partial charge in [-0.25, -0.2) is 8.42 Å². The summed E-state index contributed by atoms with van der Waals surface area (Å²) in [6.45, 7) is 1.75. The van der Waals surface area contributed by atoms with Crippen molar-refractivity contribution in [3.63, 3.8) is 0 Å². The maximum atomic E-state index is 11.9. The molecule has 0 saturated carbocycles. The molecule has 0 aliphatic carbocycles. The number of ether oxygens (including phenoxy) is 2. The fourth-order valence-electron chi connectivity index (χ4n) is 1.33. The number of benzene rings is 1. The van der Waals surface area contributed by atoms with Crippen molar-refractivity contribution in [1.29, 1.82) is 0 Å². The highest BCUT2D eigenvalue weighted by atomic mass is 32.2. The van der Waals surface area contributed by atoms with Gasteiger partial charge in [0.2, 0.25) is 0 Å². The molecule has 0 saturated heterocycles. The van der Waals surface area contributed by atoms with E-state index in [1.54, 1.807) is 6.92 Å². The zero-order valence-corrected chi connectivity index (χ0v) is 11.0. The van der Waals surface area contributed by atoms with Gasteiger partial charge in [0.05, 0.1) is 24.3 Å². The number of carbonyl (C=O) groups is 1. The molecule has 100 valence electrons. The first kappa shape index (κ1) is 14.3. The second kappa shape index (κ2) is 5.72. The van der Waals surface area contributed by atoms with Gasteiger partial charge in [-0.05, 0) is 19.1 Å². The molecular formula is C11H15NO5S. The van der Waals surface area contributed by atoms with Crippen LogP contribution in [0.25, 0.3) is 0 Å². The molecule has 6 nitrogen and oxygen atoms in total. The molecule has 0 fully saturated rings. The summed E-state index contributed by atoms with van der Waals surface area (Å²) < 4.78 is 33.3. The predicted molar refractivity (Wildman–Crippen MR) is 66.1 cm³/mol. The van der Waals surface area contributed by atoms with E-state index in [0.717, 1.165) is 0 Å². The fraction of sp³-hybridized carbons (Fsp3) is 0.364. The van der Waals surface area contributed by atoms with E-state index in [1.165, 1.54) is 25.3 Å². The third-order valence-corrected chi connectivity index (χ3v) is 3.77. The summed E-state index contributed by atoms with van der Waals surface area (Å²) in [5, 5.41) is 0. The number of esters is 1. The summed E-state index contributed by atoms with van der Waals surface area (Å²) in [6, 6.07) is 4.02. The molecule has 1 rings (SSSR count). The van der Waals surface area contributed by atoms with E-state index < -0.39 is 21.6 Å². The van der Waals surface area contributed by atoms with Crippen molar-refractivity contribution in [2.45, 2.75) is 11.8 Å². The second-order valence-electron chi connectivity index (χ2n) is 3.47. The fourth-order valence-corrected chi connectivity index (χ4v) is 2.45. The Morgan fingerprint density at radius 3 is 2.61 bits per heavy atom. The van der Waals surface area contributed by atoms with Crippen molar-refractivity contribution >= 4 is 21.5 Å². The van der Waals surface area contributed by atoms with Crippen molar-refractivity contribution in [2.24, 2.45) is 0 Å². The van der Waals surface area contributed by atoms with Crippen molar-refractivity contribution < 1.29 is 22.7 Å². The molecule has 0 radical (unpaired) electrons. The van der Waals surface area contributed by atoms with Crippen LogP contribution in [0.15, 0.2) is 23.1 Å². The Morgan fingerprint density at radius 1 is 1.39 bits per heavy atom. The Bertz CT molecular complexity index is 538. The van der Waals surface area contributed by atoms with Crippen LogP contribution in [-0.2, 0) is 19.4 Å². The van der Waals surface area contributed by atoms with Gasteiger partial charge >= 0.3 is 5.97 Å². The third-order valence-electron chi connectivity index (χ3n) is 2.18. The van der Waals surface area contributed by atoms with Crippen molar-refractivity contribution in [3.8, 4) is 5.75 Å². The van der Waals surface area contributed by atoms with Crippen LogP contribution in [0.3, 0.4) is 0 Å². The maximum Gasteiger partial charge on any atom is 0.321 e. The van der Waals surface area contributed by atoms with E-state index in [1.807, 2.05) is 0 Å². The van der Waals surface area contributed by atoms with Crippen molar-refractivity contribution in [1.82, 2.24) is 0 Å². The molecule has 0 aliphatic rings. The summed E-state index contributed by atoms with van der Waals surface area (Å²) in [4.78, 5) is 11.2. The third kappa shape index (κ3) is 3.36. The first-order valence-corrected chi connectivity index (χ1v) is 6.88. The number of carbonyl (C=O) groups excluding carboxylic acids is 1. The van der Waals surface area contributed by atoms with Gasteiger partial charge in [-0.2, -0.15) is 0 Å². The molecule has 0 heterocycles. The average Bonchev–Trinajstić information content (AvgIpc) is 2.28. The monoisotopic (exact) mass is 273 g/mol. The number of rotatable bonds is 5. The summed E-state index contributed by atoms with van der Waals surface area (Å²) in [7, 11) is -2.36. The van der Waals surface area contributed by atoms with E-state index in [-0.39, 0.29) is 17.3 Å². The molecule has 0 spiro atoms. The Kier molecular flexibility index (Phi) is 4.55. The van der Waals surface area contributed by atoms with Gasteiger partial charge < -0.3 is 15.2 Å². The van der Waals surface area contributed by atoms with Crippen LogP contribution in [0.1, 0.15) is 6.92 Å². The minimum Gasteiger partial charge on any atom is -0.495 e. The lowest BCUT2D eigenvalue weighted by Gasteiger charge is -2.08. The molecule has 0 unspecified atom stereocenters. The highest BCUT2D eigenvalue weighted by Crippen LogP contribution is 2.25. The highest BCUT2D eigenvalue weighted by molar-refractivity contribution is 7.92. The lowest BCUT2D eigenvalue weighted by atomic mass is 10.3. The van der Waals surface area contributed by atoms with Gasteiger partial charge in [0.1, 0.15) is 5.75 Å². The SMILES string of the molecule is CCOC(=O)CS(=O)(=O)c1ccc(N)c(OC)c1. The van der Waals surface area contributed by atoms with E-state index in [9.17, 15) is 13.2 Å². The number of hydrogen-bond donors (Lipinski definition) is 1. The van der Waals surface area contributed by atoms with Gasteiger partial charge in [-0.1, -0.05) is 0 Å².